The van der Waals surface area contributed by atoms with Crippen molar-refractivity contribution in [1.29, 1.82) is 0 Å². The standard InChI is InChI=1S/C18H16BrN5O2/c1-10-17-12(11-5-3-4-6-13(11)19)9-15(25)20-18(17)24(23-10)14-7-8-16(26-2)22-21-14/h3-8,12H,9H2,1-2H3,(H,20,25)/t12-/m1/s1. The fourth-order valence-electron chi connectivity index (χ4n) is 3.27. The molecule has 0 fully saturated rings. The number of anilines is 1. The first-order chi connectivity index (χ1) is 12.6. The highest BCUT2D eigenvalue weighted by Crippen LogP contribution is 2.42. The number of nitrogens with one attached hydrogen (secondary N) is 1. The molecule has 132 valence electrons. The molecule has 2 aromatic heterocycles. The van der Waals surface area contributed by atoms with Crippen LogP contribution in [0.3, 0.4) is 0 Å². The van der Waals surface area contributed by atoms with Crippen molar-refractivity contribution in [2.24, 2.45) is 0 Å². The van der Waals surface area contributed by atoms with Crippen molar-refractivity contribution < 1.29 is 9.53 Å². The summed E-state index contributed by atoms with van der Waals surface area (Å²) in [4.78, 5) is 12.4. The molecule has 26 heavy (non-hydrogen) atoms. The summed E-state index contributed by atoms with van der Waals surface area (Å²) in [6.45, 7) is 1.94. The third-order valence-corrected chi connectivity index (χ3v) is 5.16. The van der Waals surface area contributed by atoms with Crippen LogP contribution in [0.4, 0.5) is 5.82 Å². The zero-order chi connectivity index (χ0) is 18.3. The lowest BCUT2D eigenvalue weighted by Crippen LogP contribution is -2.25. The maximum absolute atomic E-state index is 12.4. The van der Waals surface area contributed by atoms with Gasteiger partial charge in [-0.05, 0) is 24.6 Å². The van der Waals surface area contributed by atoms with E-state index < -0.39 is 0 Å². The van der Waals surface area contributed by atoms with E-state index in [9.17, 15) is 4.79 Å². The molecule has 0 saturated heterocycles. The fourth-order valence-corrected chi connectivity index (χ4v) is 3.83. The average molecular weight is 414 g/mol. The Morgan fingerprint density at radius 3 is 2.73 bits per heavy atom. The third kappa shape index (κ3) is 2.76. The number of nitrogens with zero attached hydrogens (tertiary/aromatic N) is 4. The summed E-state index contributed by atoms with van der Waals surface area (Å²) < 4.78 is 7.65. The molecule has 1 atom stereocenters. The number of aromatic nitrogens is 4. The number of halogens is 1. The number of amides is 1. The van der Waals surface area contributed by atoms with Gasteiger partial charge < -0.3 is 10.1 Å². The first-order valence-electron chi connectivity index (χ1n) is 8.10. The van der Waals surface area contributed by atoms with Gasteiger partial charge >= 0.3 is 0 Å². The van der Waals surface area contributed by atoms with E-state index >= 15 is 0 Å². The number of hydrogen-bond donors (Lipinski definition) is 1. The number of benzene rings is 1. The SMILES string of the molecule is COc1ccc(-n2nc(C)c3c2NC(=O)C[C@@H]3c2ccccc2Br)nn1. The van der Waals surface area contributed by atoms with E-state index in [-0.39, 0.29) is 11.8 Å². The Labute approximate surface area is 158 Å². The van der Waals surface area contributed by atoms with E-state index in [4.69, 9.17) is 4.74 Å². The Morgan fingerprint density at radius 1 is 1.23 bits per heavy atom. The molecule has 0 unspecified atom stereocenters. The van der Waals surface area contributed by atoms with E-state index in [1.54, 1.807) is 16.8 Å². The second kappa shape index (κ2) is 6.53. The Hall–Kier alpha value is -2.74. The van der Waals surface area contributed by atoms with Gasteiger partial charge in [0.2, 0.25) is 11.8 Å². The molecule has 0 radical (unpaired) electrons. The van der Waals surface area contributed by atoms with E-state index in [2.05, 4.69) is 36.5 Å². The van der Waals surface area contributed by atoms with Crippen molar-refractivity contribution in [2.75, 3.05) is 12.4 Å². The molecule has 0 saturated carbocycles. The second-order valence-corrected chi connectivity index (χ2v) is 6.87. The summed E-state index contributed by atoms with van der Waals surface area (Å²) >= 11 is 3.60. The number of carbonyl (C=O) groups is 1. The second-order valence-electron chi connectivity index (χ2n) is 6.02. The maximum Gasteiger partial charge on any atom is 0.233 e. The number of hydrogen-bond acceptors (Lipinski definition) is 5. The largest absolute Gasteiger partial charge is 0.480 e. The van der Waals surface area contributed by atoms with Gasteiger partial charge in [0.25, 0.3) is 0 Å². The highest BCUT2D eigenvalue weighted by molar-refractivity contribution is 9.10. The Morgan fingerprint density at radius 2 is 2.04 bits per heavy atom. The van der Waals surface area contributed by atoms with E-state index in [1.807, 2.05) is 31.2 Å². The third-order valence-electron chi connectivity index (χ3n) is 4.44. The van der Waals surface area contributed by atoms with Crippen molar-refractivity contribution in [3.63, 3.8) is 0 Å². The number of carbonyl (C=O) groups excluding carboxylic acids is 1. The number of aryl methyl sites for hydroxylation is 1. The highest BCUT2D eigenvalue weighted by atomic mass is 79.9. The quantitative estimate of drug-likeness (QED) is 0.712. The van der Waals surface area contributed by atoms with Crippen LogP contribution in [-0.2, 0) is 4.79 Å². The normalized spacial score (nSPS) is 16.1. The monoisotopic (exact) mass is 413 g/mol. The van der Waals surface area contributed by atoms with Crippen LogP contribution in [0, 0.1) is 6.92 Å². The van der Waals surface area contributed by atoms with Crippen LogP contribution in [0.15, 0.2) is 40.9 Å². The molecule has 0 aliphatic carbocycles. The lowest BCUT2D eigenvalue weighted by Gasteiger charge is -2.25. The summed E-state index contributed by atoms with van der Waals surface area (Å²) in [6.07, 6.45) is 0.371. The molecule has 3 aromatic rings. The number of ether oxygens (including phenoxy) is 1. The molecule has 8 heteroatoms. The van der Waals surface area contributed by atoms with Crippen LogP contribution in [0.25, 0.3) is 5.82 Å². The van der Waals surface area contributed by atoms with Crippen LogP contribution in [0.1, 0.15) is 29.2 Å². The van der Waals surface area contributed by atoms with Crippen molar-refractivity contribution in [1.82, 2.24) is 20.0 Å². The van der Waals surface area contributed by atoms with Gasteiger partial charge in [-0.25, -0.2) is 0 Å². The minimum atomic E-state index is -0.0747. The van der Waals surface area contributed by atoms with Crippen LogP contribution < -0.4 is 10.1 Å². The fraction of sp³-hybridized carbons (Fsp3) is 0.222. The molecule has 0 bridgehead atoms. The van der Waals surface area contributed by atoms with Gasteiger partial charge in [-0.2, -0.15) is 9.78 Å². The zero-order valence-corrected chi connectivity index (χ0v) is 15.8. The van der Waals surface area contributed by atoms with Crippen LogP contribution in [0.2, 0.25) is 0 Å². The molecular weight excluding hydrogens is 398 g/mol. The summed E-state index contributed by atoms with van der Waals surface area (Å²) in [5.41, 5.74) is 2.90. The average Bonchev–Trinajstić information content (AvgIpc) is 2.98. The molecule has 1 aliphatic heterocycles. The lowest BCUT2D eigenvalue weighted by atomic mass is 9.86. The van der Waals surface area contributed by atoms with E-state index in [0.29, 0.717) is 23.9 Å². The molecule has 7 nitrogen and oxygen atoms in total. The molecule has 1 amide bonds. The van der Waals surface area contributed by atoms with Gasteiger partial charge in [-0.3, -0.25) is 4.79 Å². The topological polar surface area (TPSA) is 81.9 Å². The van der Waals surface area contributed by atoms with Crippen LogP contribution in [0.5, 0.6) is 5.88 Å². The van der Waals surface area contributed by atoms with Gasteiger partial charge in [0, 0.05) is 28.4 Å². The first-order valence-corrected chi connectivity index (χ1v) is 8.89. The Kier molecular flexibility index (Phi) is 4.20. The number of rotatable bonds is 3. The molecule has 4 rings (SSSR count). The Bertz CT molecular complexity index is 984. The number of fused-ring (bicyclic) bond motifs is 1. The van der Waals surface area contributed by atoms with Gasteiger partial charge in [-0.1, -0.05) is 34.1 Å². The van der Waals surface area contributed by atoms with Crippen molar-refractivity contribution in [3.05, 3.63) is 57.7 Å². The predicted molar refractivity (Wildman–Crippen MR) is 99.7 cm³/mol. The Balaban J connectivity index is 1.86. The van der Waals surface area contributed by atoms with E-state index in [0.717, 1.165) is 21.3 Å². The van der Waals surface area contributed by atoms with Crippen molar-refractivity contribution in [3.8, 4) is 11.7 Å². The predicted octanol–water partition coefficient (Wildman–Crippen LogP) is 3.22. The molecule has 0 spiro atoms. The summed E-state index contributed by atoms with van der Waals surface area (Å²) in [6, 6.07) is 11.4. The van der Waals surface area contributed by atoms with E-state index in [1.165, 1.54) is 7.11 Å². The van der Waals surface area contributed by atoms with Gasteiger partial charge in [0.15, 0.2) is 5.82 Å². The van der Waals surface area contributed by atoms with Crippen LogP contribution >= 0.6 is 15.9 Å². The minimum Gasteiger partial charge on any atom is -0.480 e. The van der Waals surface area contributed by atoms with Gasteiger partial charge in [-0.15, -0.1) is 10.2 Å². The first kappa shape index (κ1) is 16.7. The summed E-state index contributed by atoms with van der Waals surface area (Å²) in [7, 11) is 1.53. The summed E-state index contributed by atoms with van der Waals surface area (Å²) in [5, 5.41) is 15.7. The van der Waals surface area contributed by atoms with Gasteiger partial charge in [0.05, 0.1) is 12.8 Å². The molecule has 3 heterocycles. The minimum absolute atomic E-state index is 0.0547. The van der Waals surface area contributed by atoms with Crippen molar-refractivity contribution >= 4 is 27.7 Å². The lowest BCUT2D eigenvalue weighted by molar-refractivity contribution is -0.116. The highest BCUT2D eigenvalue weighted by Gasteiger charge is 2.33. The smallest absolute Gasteiger partial charge is 0.233 e. The molecule has 1 aromatic carbocycles. The van der Waals surface area contributed by atoms with Gasteiger partial charge in [0.1, 0.15) is 5.82 Å². The summed E-state index contributed by atoms with van der Waals surface area (Å²) in [5.74, 6) is 1.44. The van der Waals surface area contributed by atoms with Crippen molar-refractivity contribution in [2.45, 2.75) is 19.3 Å². The maximum atomic E-state index is 12.4. The number of methoxy groups -OCH3 is 1. The zero-order valence-electron chi connectivity index (χ0n) is 14.2. The molecule has 1 N–H and O–H groups in total. The molecular formula is C18H16BrN5O2. The van der Waals surface area contributed by atoms with Crippen LogP contribution in [-0.4, -0.2) is 33.0 Å². The molecule has 1 aliphatic rings.